The van der Waals surface area contributed by atoms with Gasteiger partial charge in [-0.3, -0.25) is 9.69 Å². The van der Waals surface area contributed by atoms with Gasteiger partial charge in [0.05, 0.1) is 5.75 Å². The molecule has 1 saturated carbocycles. The lowest BCUT2D eigenvalue weighted by Crippen LogP contribution is -2.62. The summed E-state index contributed by atoms with van der Waals surface area (Å²) in [5, 5.41) is 3.20. The third kappa shape index (κ3) is 5.75. The van der Waals surface area contributed by atoms with Gasteiger partial charge in [-0.25, -0.2) is 8.42 Å². The average Bonchev–Trinajstić information content (AvgIpc) is 2.73. The Morgan fingerprint density at radius 1 is 1.07 bits per heavy atom. The van der Waals surface area contributed by atoms with E-state index in [0.29, 0.717) is 26.1 Å². The first kappa shape index (κ1) is 25.1. The van der Waals surface area contributed by atoms with Crippen LogP contribution in [0.5, 0.6) is 0 Å². The lowest BCUT2D eigenvalue weighted by atomic mass is 9.79. The Morgan fingerprint density at radius 2 is 1.70 bits per heavy atom. The molecular weight excluding hydrogens is 422 g/mol. The molecule has 1 saturated heterocycles. The molecule has 1 aromatic rings. The summed E-state index contributed by atoms with van der Waals surface area (Å²) in [6, 6.07) is 7.67. The van der Waals surface area contributed by atoms with Crippen LogP contribution in [0.15, 0.2) is 24.3 Å². The molecule has 0 atom stereocenters. The summed E-state index contributed by atoms with van der Waals surface area (Å²) in [5.41, 5.74) is 1.66. The predicted molar refractivity (Wildman–Crippen MR) is 124 cm³/mol. The van der Waals surface area contributed by atoms with Crippen LogP contribution in [0.3, 0.4) is 0 Å². The van der Waals surface area contributed by atoms with Crippen LogP contribution in [0.1, 0.15) is 61.4 Å². The molecule has 0 radical (unpaired) electrons. The Labute approximate surface area is 187 Å². The van der Waals surface area contributed by atoms with Crippen LogP contribution in [0.4, 0.5) is 0 Å². The van der Waals surface area contributed by atoms with Crippen molar-refractivity contribution in [3.05, 3.63) is 35.4 Å². The molecule has 1 N–H and O–H groups in total. The molecular formula is C22H36ClN3O3S. The first-order valence-electron chi connectivity index (χ1n) is 10.9. The second kappa shape index (κ2) is 10.9. The zero-order valence-corrected chi connectivity index (χ0v) is 19.9. The number of carbonyl (C=O) groups excluding carboxylic acids is 1. The lowest BCUT2D eigenvalue weighted by Gasteiger charge is -2.49. The van der Waals surface area contributed by atoms with Crippen molar-refractivity contribution in [3.63, 3.8) is 0 Å². The van der Waals surface area contributed by atoms with Crippen LogP contribution in [-0.2, 0) is 10.0 Å². The maximum atomic E-state index is 12.8. The molecule has 6 nitrogen and oxygen atoms in total. The standard InChI is InChI=1S/C22H35N3O3S.ClH/c1-3-17-29(27,28)25-15-13-24(14-16-25)22(11-7-4-8-12-22)18-23-21(26)20-10-6-5-9-19(20)2;/h5-6,9-10H,3-4,7-8,11-18H2,1-2H3,(H,23,26);1H. The molecule has 0 aromatic heterocycles. The smallest absolute Gasteiger partial charge is 0.251 e. The summed E-state index contributed by atoms with van der Waals surface area (Å²) in [4.78, 5) is 15.2. The summed E-state index contributed by atoms with van der Waals surface area (Å²) >= 11 is 0. The van der Waals surface area contributed by atoms with Gasteiger partial charge in [0.25, 0.3) is 5.91 Å². The van der Waals surface area contributed by atoms with E-state index in [1.807, 2.05) is 38.1 Å². The van der Waals surface area contributed by atoms with Crippen LogP contribution in [0, 0.1) is 6.92 Å². The third-order valence-electron chi connectivity index (χ3n) is 6.52. The van der Waals surface area contributed by atoms with E-state index in [9.17, 15) is 13.2 Å². The van der Waals surface area contributed by atoms with Crippen molar-refractivity contribution in [1.29, 1.82) is 0 Å². The summed E-state index contributed by atoms with van der Waals surface area (Å²) in [6.45, 7) is 7.07. The fraction of sp³-hybridized carbons (Fsp3) is 0.682. The molecule has 2 aliphatic rings. The van der Waals surface area contributed by atoms with Crippen molar-refractivity contribution in [2.24, 2.45) is 0 Å². The normalized spacial score (nSPS) is 20.3. The van der Waals surface area contributed by atoms with E-state index < -0.39 is 10.0 Å². The first-order valence-corrected chi connectivity index (χ1v) is 12.6. The Bertz CT molecular complexity index is 802. The molecule has 1 amide bonds. The van der Waals surface area contributed by atoms with Crippen molar-refractivity contribution in [1.82, 2.24) is 14.5 Å². The van der Waals surface area contributed by atoms with E-state index in [2.05, 4.69) is 10.2 Å². The minimum Gasteiger partial charge on any atom is -0.350 e. The fourth-order valence-electron chi connectivity index (χ4n) is 4.81. The third-order valence-corrected chi connectivity index (χ3v) is 8.59. The molecule has 3 rings (SSSR count). The number of piperazine rings is 1. The Morgan fingerprint density at radius 3 is 2.30 bits per heavy atom. The van der Waals surface area contributed by atoms with Gasteiger partial charge in [0.1, 0.15) is 0 Å². The molecule has 2 fully saturated rings. The minimum atomic E-state index is -3.14. The topological polar surface area (TPSA) is 69.7 Å². The van der Waals surface area contributed by atoms with Gasteiger partial charge < -0.3 is 5.32 Å². The highest BCUT2D eigenvalue weighted by molar-refractivity contribution is 7.89. The molecule has 170 valence electrons. The van der Waals surface area contributed by atoms with E-state index in [4.69, 9.17) is 0 Å². The van der Waals surface area contributed by atoms with Crippen molar-refractivity contribution < 1.29 is 13.2 Å². The van der Waals surface area contributed by atoms with E-state index in [0.717, 1.165) is 49.9 Å². The molecule has 1 aliphatic heterocycles. The van der Waals surface area contributed by atoms with Crippen LogP contribution in [-0.4, -0.2) is 67.5 Å². The van der Waals surface area contributed by atoms with Gasteiger partial charge in [0.2, 0.25) is 10.0 Å². The number of aryl methyl sites for hydroxylation is 1. The Kier molecular flexibility index (Phi) is 9.15. The first-order chi connectivity index (χ1) is 13.9. The maximum Gasteiger partial charge on any atom is 0.251 e. The van der Waals surface area contributed by atoms with E-state index in [-0.39, 0.29) is 29.6 Å². The van der Waals surface area contributed by atoms with Gasteiger partial charge in [-0.05, 0) is 37.8 Å². The number of hydrogen-bond acceptors (Lipinski definition) is 4. The molecule has 0 bridgehead atoms. The molecule has 1 aromatic carbocycles. The summed E-state index contributed by atoms with van der Waals surface area (Å²) in [6.07, 6.45) is 6.32. The van der Waals surface area contributed by atoms with Crippen LogP contribution in [0.25, 0.3) is 0 Å². The molecule has 30 heavy (non-hydrogen) atoms. The second-order valence-electron chi connectivity index (χ2n) is 8.48. The van der Waals surface area contributed by atoms with E-state index in [1.54, 1.807) is 4.31 Å². The number of nitrogens with one attached hydrogen (secondary N) is 1. The molecule has 8 heteroatoms. The maximum absolute atomic E-state index is 12.8. The summed E-state index contributed by atoms with van der Waals surface area (Å²) in [7, 11) is -3.14. The zero-order chi connectivity index (χ0) is 20.9. The largest absolute Gasteiger partial charge is 0.350 e. The number of amides is 1. The predicted octanol–water partition coefficient (Wildman–Crippen LogP) is 3.21. The van der Waals surface area contributed by atoms with Gasteiger partial charge in [0.15, 0.2) is 0 Å². The SMILES string of the molecule is CCCS(=O)(=O)N1CCN(C2(CNC(=O)c3ccccc3C)CCCCC2)CC1.Cl. The van der Waals surface area contributed by atoms with Crippen LogP contribution >= 0.6 is 12.4 Å². The number of sulfonamides is 1. The van der Waals surface area contributed by atoms with Gasteiger partial charge in [0, 0.05) is 43.8 Å². The number of halogens is 1. The molecule has 1 heterocycles. The zero-order valence-electron chi connectivity index (χ0n) is 18.2. The Balaban J connectivity index is 0.00000320. The van der Waals surface area contributed by atoms with Crippen molar-refractivity contribution >= 4 is 28.3 Å². The average molecular weight is 458 g/mol. The number of nitrogens with zero attached hydrogens (tertiary/aromatic N) is 2. The minimum absolute atomic E-state index is 0. The summed E-state index contributed by atoms with van der Waals surface area (Å²) < 4.78 is 26.5. The molecule has 1 aliphatic carbocycles. The summed E-state index contributed by atoms with van der Waals surface area (Å²) in [5.74, 6) is 0.210. The number of carbonyl (C=O) groups is 1. The highest BCUT2D eigenvalue weighted by atomic mass is 35.5. The van der Waals surface area contributed by atoms with Crippen molar-refractivity contribution in [2.75, 3.05) is 38.5 Å². The lowest BCUT2D eigenvalue weighted by molar-refractivity contribution is 0.0240. The number of rotatable bonds is 7. The monoisotopic (exact) mass is 457 g/mol. The van der Waals surface area contributed by atoms with Crippen molar-refractivity contribution in [2.45, 2.75) is 57.9 Å². The highest BCUT2D eigenvalue weighted by Gasteiger charge is 2.40. The van der Waals surface area contributed by atoms with Gasteiger partial charge in [-0.2, -0.15) is 4.31 Å². The molecule has 0 spiro atoms. The molecule has 0 unspecified atom stereocenters. The van der Waals surface area contributed by atoms with Crippen LogP contribution < -0.4 is 5.32 Å². The van der Waals surface area contributed by atoms with E-state index in [1.165, 1.54) is 6.42 Å². The van der Waals surface area contributed by atoms with Gasteiger partial charge in [-0.15, -0.1) is 12.4 Å². The van der Waals surface area contributed by atoms with Gasteiger partial charge in [-0.1, -0.05) is 44.4 Å². The van der Waals surface area contributed by atoms with Crippen LogP contribution in [0.2, 0.25) is 0 Å². The second-order valence-corrected chi connectivity index (χ2v) is 10.6. The quantitative estimate of drug-likeness (QED) is 0.682. The van der Waals surface area contributed by atoms with Crippen molar-refractivity contribution in [3.8, 4) is 0 Å². The number of benzene rings is 1. The number of hydrogen-bond donors (Lipinski definition) is 1. The fourth-order valence-corrected chi connectivity index (χ4v) is 6.30. The van der Waals surface area contributed by atoms with E-state index >= 15 is 0 Å². The van der Waals surface area contributed by atoms with Gasteiger partial charge >= 0.3 is 0 Å². The Hall–Kier alpha value is -1.15. The highest BCUT2D eigenvalue weighted by Crippen LogP contribution is 2.34.